The van der Waals surface area contributed by atoms with E-state index in [1.807, 2.05) is 30.3 Å². The molecule has 1 aromatic rings. The van der Waals surface area contributed by atoms with Gasteiger partial charge in [0.15, 0.2) is 0 Å². The lowest BCUT2D eigenvalue weighted by Gasteiger charge is -2.31. The molecule has 1 aliphatic heterocycles. The van der Waals surface area contributed by atoms with Crippen LogP contribution in [0.2, 0.25) is 0 Å². The minimum atomic E-state index is -3.34. The lowest BCUT2D eigenvalue weighted by Crippen LogP contribution is -2.39. The summed E-state index contributed by atoms with van der Waals surface area (Å²) < 4.78 is 29.9. The molecule has 1 atom stereocenters. The Labute approximate surface area is 106 Å². The molecule has 6 heteroatoms. The van der Waals surface area contributed by atoms with Gasteiger partial charge in [-0.25, -0.2) is 8.42 Å². The van der Waals surface area contributed by atoms with Gasteiger partial charge in [0, 0.05) is 5.56 Å². The second kappa shape index (κ2) is 4.99. The first kappa shape index (κ1) is 12.9. The molecule has 1 N–H and O–H groups in total. The topological polar surface area (TPSA) is 66.8 Å². The number of ether oxygens (including phenoxy) is 1. The fourth-order valence-corrected chi connectivity index (χ4v) is 2.43. The maximum absolute atomic E-state index is 11.6. The van der Waals surface area contributed by atoms with Crippen LogP contribution in [0.3, 0.4) is 0 Å². The van der Waals surface area contributed by atoms with E-state index in [0.717, 1.165) is 11.8 Å². The van der Waals surface area contributed by atoms with Gasteiger partial charge < -0.3 is 9.84 Å². The van der Waals surface area contributed by atoms with Crippen molar-refractivity contribution in [2.75, 3.05) is 19.4 Å². The smallest absolute Gasteiger partial charge is 0.231 e. The number of sulfonamides is 1. The lowest BCUT2D eigenvalue weighted by molar-refractivity contribution is 0.0702. The summed E-state index contributed by atoms with van der Waals surface area (Å²) in [6.07, 6.45) is 2.04. The van der Waals surface area contributed by atoms with Crippen LogP contribution in [0.4, 0.5) is 0 Å². The highest BCUT2D eigenvalue weighted by atomic mass is 32.2. The SMILES string of the molecule is CS(=O)(=O)N1C=C(c2ccccc2)O[C@@H](CO)C1. The van der Waals surface area contributed by atoms with Gasteiger partial charge in [-0.05, 0) is 0 Å². The van der Waals surface area contributed by atoms with Crippen molar-refractivity contribution >= 4 is 15.8 Å². The first-order valence-electron chi connectivity index (χ1n) is 5.52. The Balaban J connectivity index is 2.37. The van der Waals surface area contributed by atoms with E-state index in [1.165, 1.54) is 10.5 Å². The predicted octanol–water partition coefficient (Wildman–Crippen LogP) is 0.638. The fraction of sp³-hybridized carbons (Fsp3) is 0.333. The highest BCUT2D eigenvalue weighted by molar-refractivity contribution is 7.88. The molecule has 5 nitrogen and oxygen atoms in total. The monoisotopic (exact) mass is 269 g/mol. The number of rotatable bonds is 3. The van der Waals surface area contributed by atoms with E-state index in [2.05, 4.69) is 0 Å². The van der Waals surface area contributed by atoms with Gasteiger partial charge in [0.05, 0.1) is 25.6 Å². The quantitative estimate of drug-likeness (QED) is 0.874. The Kier molecular flexibility index (Phi) is 3.58. The van der Waals surface area contributed by atoms with E-state index < -0.39 is 16.1 Å². The highest BCUT2D eigenvalue weighted by Gasteiger charge is 2.26. The normalized spacial score (nSPS) is 20.2. The number of hydrogen-bond acceptors (Lipinski definition) is 4. The molecular weight excluding hydrogens is 254 g/mol. The summed E-state index contributed by atoms with van der Waals surface area (Å²) in [6.45, 7) is -0.0954. The van der Waals surface area contributed by atoms with E-state index in [0.29, 0.717) is 5.76 Å². The van der Waals surface area contributed by atoms with E-state index >= 15 is 0 Å². The molecular formula is C12H15NO4S. The first-order chi connectivity index (χ1) is 8.50. The fourth-order valence-electron chi connectivity index (χ4n) is 1.70. The molecule has 1 heterocycles. The molecule has 0 radical (unpaired) electrons. The zero-order valence-electron chi connectivity index (χ0n) is 9.98. The lowest BCUT2D eigenvalue weighted by atomic mass is 10.2. The molecule has 1 aliphatic rings. The van der Waals surface area contributed by atoms with Crippen LogP contribution in [-0.4, -0.2) is 43.3 Å². The number of nitrogens with zero attached hydrogens (tertiary/aromatic N) is 1. The van der Waals surface area contributed by atoms with Crippen LogP contribution in [0, 0.1) is 0 Å². The van der Waals surface area contributed by atoms with Crippen LogP contribution in [0.1, 0.15) is 5.56 Å². The van der Waals surface area contributed by atoms with Gasteiger partial charge in [0.2, 0.25) is 10.0 Å². The van der Waals surface area contributed by atoms with Gasteiger partial charge in [-0.1, -0.05) is 30.3 Å². The number of hydrogen-bond donors (Lipinski definition) is 1. The maximum atomic E-state index is 11.6. The van der Waals surface area contributed by atoms with Gasteiger partial charge in [-0.2, -0.15) is 0 Å². The summed E-state index contributed by atoms with van der Waals surface area (Å²) in [5.41, 5.74) is 0.782. The van der Waals surface area contributed by atoms with Gasteiger partial charge in [0.1, 0.15) is 11.9 Å². The van der Waals surface area contributed by atoms with Crippen molar-refractivity contribution in [3.05, 3.63) is 42.1 Å². The third kappa shape index (κ3) is 2.83. The van der Waals surface area contributed by atoms with E-state index in [4.69, 9.17) is 9.84 Å². The number of aliphatic hydroxyl groups excluding tert-OH is 1. The summed E-state index contributed by atoms with van der Waals surface area (Å²) in [4.78, 5) is 0. The Morgan fingerprint density at radius 1 is 1.39 bits per heavy atom. The molecule has 0 bridgehead atoms. The molecule has 0 amide bonds. The molecule has 0 aromatic heterocycles. The van der Waals surface area contributed by atoms with Crippen LogP contribution >= 0.6 is 0 Å². The van der Waals surface area contributed by atoms with Gasteiger partial charge in [-0.3, -0.25) is 4.31 Å². The molecule has 0 unspecified atom stereocenters. The van der Waals surface area contributed by atoms with Crippen LogP contribution in [0.25, 0.3) is 5.76 Å². The van der Waals surface area contributed by atoms with Crippen molar-refractivity contribution in [1.29, 1.82) is 0 Å². The predicted molar refractivity (Wildman–Crippen MR) is 67.9 cm³/mol. The molecule has 1 aromatic carbocycles. The molecule has 0 saturated carbocycles. The molecule has 2 rings (SSSR count). The van der Waals surface area contributed by atoms with Gasteiger partial charge in [-0.15, -0.1) is 0 Å². The van der Waals surface area contributed by atoms with Gasteiger partial charge >= 0.3 is 0 Å². The summed E-state index contributed by atoms with van der Waals surface area (Å²) in [7, 11) is -3.34. The molecule has 18 heavy (non-hydrogen) atoms. The maximum Gasteiger partial charge on any atom is 0.231 e. The zero-order valence-corrected chi connectivity index (χ0v) is 10.8. The Morgan fingerprint density at radius 2 is 2.06 bits per heavy atom. The minimum absolute atomic E-state index is 0.131. The second-order valence-electron chi connectivity index (χ2n) is 4.11. The van der Waals surface area contributed by atoms with Crippen molar-refractivity contribution in [1.82, 2.24) is 4.31 Å². The molecule has 0 aliphatic carbocycles. The van der Waals surface area contributed by atoms with Crippen LogP contribution in [0.5, 0.6) is 0 Å². The molecule has 98 valence electrons. The van der Waals surface area contributed by atoms with Gasteiger partial charge in [0.25, 0.3) is 0 Å². The van der Waals surface area contributed by atoms with Crippen LogP contribution in [0.15, 0.2) is 36.5 Å². The van der Waals surface area contributed by atoms with E-state index in [-0.39, 0.29) is 13.2 Å². The van der Waals surface area contributed by atoms with E-state index in [9.17, 15) is 8.42 Å². The van der Waals surface area contributed by atoms with Crippen molar-refractivity contribution in [3.63, 3.8) is 0 Å². The highest BCUT2D eigenvalue weighted by Crippen LogP contribution is 2.24. The Hall–Kier alpha value is -1.53. The average molecular weight is 269 g/mol. The van der Waals surface area contributed by atoms with Crippen LogP contribution < -0.4 is 0 Å². The number of benzene rings is 1. The van der Waals surface area contributed by atoms with Crippen molar-refractivity contribution in [2.45, 2.75) is 6.10 Å². The number of aliphatic hydroxyl groups is 1. The molecule has 0 fully saturated rings. The summed E-state index contributed by atoms with van der Waals surface area (Å²) in [5, 5.41) is 9.17. The minimum Gasteiger partial charge on any atom is -0.484 e. The summed E-state index contributed by atoms with van der Waals surface area (Å²) in [6, 6.07) is 9.20. The third-order valence-electron chi connectivity index (χ3n) is 2.63. The third-order valence-corrected chi connectivity index (χ3v) is 3.73. The zero-order chi connectivity index (χ0) is 13.2. The van der Waals surface area contributed by atoms with Crippen molar-refractivity contribution in [3.8, 4) is 0 Å². The molecule has 0 saturated heterocycles. The standard InChI is InChI=1S/C12H15NO4S/c1-18(15,16)13-7-11(9-14)17-12(8-13)10-5-3-2-4-6-10/h2-6,8,11,14H,7,9H2,1H3/t11-/m1/s1. The Morgan fingerprint density at radius 3 is 2.61 bits per heavy atom. The molecule has 0 spiro atoms. The first-order valence-corrected chi connectivity index (χ1v) is 7.37. The largest absolute Gasteiger partial charge is 0.484 e. The average Bonchev–Trinajstić information content (AvgIpc) is 2.38. The summed E-state index contributed by atoms with van der Waals surface area (Å²) >= 11 is 0. The van der Waals surface area contributed by atoms with E-state index in [1.54, 1.807) is 0 Å². The van der Waals surface area contributed by atoms with Crippen molar-refractivity contribution < 1.29 is 18.3 Å². The summed E-state index contributed by atoms with van der Waals surface area (Å²) in [5.74, 6) is 0.450. The second-order valence-corrected chi connectivity index (χ2v) is 6.05. The Bertz CT molecular complexity index is 538. The van der Waals surface area contributed by atoms with Crippen molar-refractivity contribution in [2.24, 2.45) is 0 Å². The van der Waals surface area contributed by atoms with Crippen LogP contribution in [-0.2, 0) is 14.8 Å².